The Bertz CT molecular complexity index is 412. The van der Waals surface area contributed by atoms with Gasteiger partial charge in [0, 0.05) is 23.1 Å². The van der Waals surface area contributed by atoms with E-state index in [1.807, 2.05) is 6.92 Å². The van der Waals surface area contributed by atoms with E-state index in [2.05, 4.69) is 0 Å². The third kappa shape index (κ3) is 3.63. The van der Waals surface area contributed by atoms with E-state index in [4.69, 9.17) is 11.6 Å². The zero-order valence-electron chi connectivity index (χ0n) is 9.20. The predicted molar refractivity (Wildman–Crippen MR) is 61.7 cm³/mol. The average Bonchev–Trinajstić information content (AvgIpc) is 2.28. The van der Waals surface area contributed by atoms with Crippen molar-refractivity contribution in [1.82, 2.24) is 0 Å². The minimum atomic E-state index is -2.73. The number of halogens is 3. The number of rotatable bonds is 5. The van der Waals surface area contributed by atoms with Crippen LogP contribution < -0.4 is 0 Å². The molecule has 0 spiro atoms. The largest absolute Gasteiger partial charge is 0.269 e. The summed E-state index contributed by atoms with van der Waals surface area (Å²) in [5, 5.41) is 10.3. The van der Waals surface area contributed by atoms with Gasteiger partial charge in [0.25, 0.3) is 12.1 Å². The molecule has 0 bridgehead atoms. The lowest BCUT2D eigenvalue weighted by molar-refractivity contribution is -0.385. The quantitative estimate of drug-likeness (QED) is 0.456. The van der Waals surface area contributed by atoms with Gasteiger partial charge >= 0.3 is 0 Å². The first-order valence-electron chi connectivity index (χ1n) is 5.15. The van der Waals surface area contributed by atoms with Crippen molar-refractivity contribution in [3.8, 4) is 0 Å². The van der Waals surface area contributed by atoms with E-state index < -0.39 is 11.3 Å². The summed E-state index contributed by atoms with van der Waals surface area (Å²) in [4.78, 5) is 9.81. The number of hydrogen-bond donors (Lipinski definition) is 0. The maximum absolute atomic E-state index is 12.8. The summed E-state index contributed by atoms with van der Waals surface area (Å²) in [5.41, 5.74) is -0.266. The van der Waals surface area contributed by atoms with Crippen molar-refractivity contribution >= 4 is 17.3 Å². The van der Waals surface area contributed by atoms with Crippen molar-refractivity contribution < 1.29 is 13.7 Å². The van der Waals surface area contributed by atoms with Crippen LogP contribution in [0.1, 0.15) is 30.9 Å². The molecule has 0 radical (unpaired) electrons. The standard InChI is InChI=1S/C11H12ClF2NO2/c1-2-8(12)5-7-3-4-9(15(16)17)6-10(7)11(13)14/h3-4,6,8,11H,2,5H2,1H3. The number of alkyl halides is 3. The second kappa shape index (κ2) is 5.91. The topological polar surface area (TPSA) is 43.1 Å². The molecular weight excluding hydrogens is 252 g/mol. The van der Waals surface area contributed by atoms with Crippen molar-refractivity contribution in [2.75, 3.05) is 0 Å². The molecule has 1 aromatic rings. The average molecular weight is 264 g/mol. The molecule has 1 rings (SSSR count). The Morgan fingerprint density at radius 2 is 2.12 bits per heavy atom. The molecular formula is C11H12ClF2NO2. The molecule has 0 saturated heterocycles. The Hall–Kier alpha value is -1.23. The highest BCUT2D eigenvalue weighted by atomic mass is 35.5. The predicted octanol–water partition coefficient (Wildman–Crippen LogP) is 4.09. The van der Waals surface area contributed by atoms with Crippen molar-refractivity contribution in [3.05, 3.63) is 39.4 Å². The molecule has 0 saturated carbocycles. The SMILES string of the molecule is CCC(Cl)Cc1ccc([N+](=O)[O-])cc1C(F)F. The van der Waals surface area contributed by atoms with Gasteiger partial charge in [-0.15, -0.1) is 11.6 Å². The maximum atomic E-state index is 12.8. The summed E-state index contributed by atoms with van der Waals surface area (Å²) in [7, 11) is 0. The monoisotopic (exact) mass is 263 g/mol. The zero-order chi connectivity index (χ0) is 13.0. The van der Waals surface area contributed by atoms with Crippen molar-refractivity contribution in [2.45, 2.75) is 31.6 Å². The van der Waals surface area contributed by atoms with Crippen LogP contribution in [0.15, 0.2) is 18.2 Å². The molecule has 1 unspecified atom stereocenters. The first-order chi connectivity index (χ1) is 7.95. The lowest BCUT2D eigenvalue weighted by Gasteiger charge is -2.11. The molecule has 0 N–H and O–H groups in total. The lowest BCUT2D eigenvalue weighted by atomic mass is 10.0. The summed E-state index contributed by atoms with van der Waals surface area (Å²) in [5.74, 6) is 0. The minimum absolute atomic E-state index is 0.242. The number of non-ortho nitro benzene ring substituents is 1. The van der Waals surface area contributed by atoms with Crippen LogP contribution in [0.3, 0.4) is 0 Å². The van der Waals surface area contributed by atoms with E-state index in [0.717, 1.165) is 6.07 Å². The second-order valence-electron chi connectivity index (χ2n) is 3.65. The fourth-order valence-electron chi connectivity index (χ4n) is 1.47. The van der Waals surface area contributed by atoms with Gasteiger partial charge in [0.2, 0.25) is 0 Å². The van der Waals surface area contributed by atoms with Crippen LogP contribution in [-0.4, -0.2) is 10.3 Å². The number of nitro benzene ring substituents is 1. The van der Waals surface area contributed by atoms with Gasteiger partial charge < -0.3 is 0 Å². The molecule has 17 heavy (non-hydrogen) atoms. The van der Waals surface area contributed by atoms with Crippen LogP contribution in [0.25, 0.3) is 0 Å². The van der Waals surface area contributed by atoms with E-state index in [1.54, 1.807) is 0 Å². The van der Waals surface area contributed by atoms with Gasteiger partial charge in [0.05, 0.1) is 4.92 Å². The Labute approximate surface area is 103 Å². The number of benzene rings is 1. The van der Waals surface area contributed by atoms with Crippen molar-refractivity contribution in [2.24, 2.45) is 0 Å². The van der Waals surface area contributed by atoms with Crippen LogP contribution in [0.2, 0.25) is 0 Å². The van der Waals surface area contributed by atoms with E-state index in [1.165, 1.54) is 12.1 Å². The first-order valence-corrected chi connectivity index (χ1v) is 5.58. The Kier molecular flexibility index (Phi) is 4.81. The minimum Gasteiger partial charge on any atom is -0.258 e. The van der Waals surface area contributed by atoms with Crippen LogP contribution >= 0.6 is 11.6 Å². The molecule has 0 aliphatic carbocycles. The number of hydrogen-bond acceptors (Lipinski definition) is 2. The van der Waals surface area contributed by atoms with Crippen LogP contribution in [0.5, 0.6) is 0 Å². The smallest absolute Gasteiger partial charge is 0.258 e. The maximum Gasteiger partial charge on any atom is 0.269 e. The molecule has 3 nitrogen and oxygen atoms in total. The van der Waals surface area contributed by atoms with Gasteiger partial charge in [-0.2, -0.15) is 0 Å². The molecule has 0 heterocycles. The molecule has 94 valence electrons. The third-order valence-electron chi connectivity index (χ3n) is 2.46. The highest BCUT2D eigenvalue weighted by molar-refractivity contribution is 6.20. The Morgan fingerprint density at radius 1 is 1.47 bits per heavy atom. The lowest BCUT2D eigenvalue weighted by Crippen LogP contribution is -2.05. The molecule has 0 aliphatic heterocycles. The van der Waals surface area contributed by atoms with Gasteiger partial charge in [-0.25, -0.2) is 8.78 Å². The molecule has 1 atom stereocenters. The molecule has 0 aliphatic rings. The Morgan fingerprint density at radius 3 is 2.59 bits per heavy atom. The van der Waals surface area contributed by atoms with E-state index in [9.17, 15) is 18.9 Å². The van der Waals surface area contributed by atoms with Gasteiger partial charge in [-0.1, -0.05) is 13.0 Å². The van der Waals surface area contributed by atoms with Gasteiger partial charge in [0.15, 0.2) is 0 Å². The molecule has 6 heteroatoms. The molecule has 1 aromatic carbocycles. The highest BCUT2D eigenvalue weighted by Crippen LogP contribution is 2.28. The first kappa shape index (κ1) is 13.8. The fraction of sp³-hybridized carbons (Fsp3) is 0.455. The number of nitrogens with zero attached hydrogens (tertiary/aromatic N) is 1. The van der Waals surface area contributed by atoms with Crippen molar-refractivity contribution in [3.63, 3.8) is 0 Å². The molecule has 0 amide bonds. The van der Waals surface area contributed by atoms with Crippen molar-refractivity contribution in [1.29, 1.82) is 0 Å². The summed E-state index contributed by atoms with van der Waals surface area (Å²) in [6.07, 6.45) is -1.79. The normalized spacial score (nSPS) is 12.8. The summed E-state index contributed by atoms with van der Waals surface area (Å²) in [6.45, 7) is 1.85. The van der Waals surface area contributed by atoms with E-state index >= 15 is 0 Å². The second-order valence-corrected chi connectivity index (χ2v) is 4.27. The van der Waals surface area contributed by atoms with Gasteiger partial charge in [0.1, 0.15) is 0 Å². The highest BCUT2D eigenvalue weighted by Gasteiger charge is 2.19. The fourth-order valence-corrected chi connectivity index (χ4v) is 1.63. The third-order valence-corrected chi connectivity index (χ3v) is 2.92. The summed E-state index contributed by atoms with van der Waals surface area (Å²) < 4.78 is 25.5. The molecule has 0 aromatic heterocycles. The van der Waals surface area contributed by atoms with Crippen LogP contribution in [0.4, 0.5) is 14.5 Å². The van der Waals surface area contributed by atoms with E-state index in [-0.39, 0.29) is 23.0 Å². The van der Waals surface area contributed by atoms with E-state index in [0.29, 0.717) is 12.0 Å². The molecule has 0 fully saturated rings. The van der Waals surface area contributed by atoms with Crippen LogP contribution in [-0.2, 0) is 6.42 Å². The van der Waals surface area contributed by atoms with Gasteiger partial charge in [-0.3, -0.25) is 10.1 Å². The van der Waals surface area contributed by atoms with Gasteiger partial charge in [-0.05, 0) is 18.4 Å². The van der Waals surface area contributed by atoms with Crippen LogP contribution in [0, 0.1) is 10.1 Å². The summed E-state index contributed by atoms with van der Waals surface area (Å²) in [6, 6.07) is 3.49. The Balaban J connectivity index is 3.08. The number of nitro groups is 1. The summed E-state index contributed by atoms with van der Waals surface area (Å²) >= 11 is 5.90. The zero-order valence-corrected chi connectivity index (χ0v) is 9.95.